The van der Waals surface area contributed by atoms with Gasteiger partial charge in [-0.15, -0.1) is 0 Å². The minimum Gasteiger partial charge on any atom is -0.431 e. The number of aromatic nitrogens is 1. The van der Waals surface area contributed by atoms with Gasteiger partial charge in [0.25, 0.3) is 5.22 Å². The third kappa shape index (κ3) is 4.47. The Morgan fingerprint density at radius 2 is 1.89 bits per heavy atom. The maximum absolute atomic E-state index is 12.7. The fourth-order valence-electron chi connectivity index (χ4n) is 3.06. The Morgan fingerprint density at radius 3 is 2.52 bits per heavy atom. The van der Waals surface area contributed by atoms with Crippen LogP contribution in [0.1, 0.15) is 32.6 Å². The summed E-state index contributed by atoms with van der Waals surface area (Å²) < 4.78 is 31.4. The summed E-state index contributed by atoms with van der Waals surface area (Å²) in [6, 6.07) is 4.60. The molecule has 1 fully saturated rings. The molecule has 1 unspecified atom stereocenters. The molecule has 1 aliphatic heterocycles. The summed E-state index contributed by atoms with van der Waals surface area (Å²) in [6.07, 6.45) is 4.45. The zero-order chi connectivity index (χ0) is 19.6. The molecule has 1 atom stereocenters. The molecule has 1 saturated heterocycles. The molecule has 1 aliphatic rings. The smallest absolute Gasteiger partial charge is 0.257 e. The van der Waals surface area contributed by atoms with E-state index in [4.69, 9.17) is 4.42 Å². The van der Waals surface area contributed by atoms with Crippen molar-refractivity contribution in [3.63, 3.8) is 0 Å². The van der Waals surface area contributed by atoms with Gasteiger partial charge in [0.15, 0.2) is 5.58 Å². The highest BCUT2D eigenvalue weighted by Gasteiger charge is 2.25. The van der Waals surface area contributed by atoms with Gasteiger partial charge in [0, 0.05) is 27.2 Å². The summed E-state index contributed by atoms with van der Waals surface area (Å²) in [5, 5.41) is 0.0706. The Balaban J connectivity index is 1.76. The Hall–Kier alpha value is -1.58. The number of likely N-dealkylation sites (tertiary alicyclic amines) is 1. The lowest BCUT2D eigenvalue weighted by Gasteiger charge is -2.23. The second kappa shape index (κ2) is 8.20. The predicted octanol–water partition coefficient (Wildman–Crippen LogP) is 2.96. The molecule has 1 amide bonds. The van der Waals surface area contributed by atoms with E-state index in [1.54, 1.807) is 6.07 Å². The summed E-state index contributed by atoms with van der Waals surface area (Å²) >= 11 is 1.27. The number of amides is 1. The first-order valence-corrected chi connectivity index (χ1v) is 11.4. The van der Waals surface area contributed by atoms with Crippen LogP contribution in [-0.2, 0) is 14.8 Å². The summed E-state index contributed by atoms with van der Waals surface area (Å²) in [6.45, 7) is 3.47. The van der Waals surface area contributed by atoms with Gasteiger partial charge in [-0.1, -0.05) is 24.6 Å². The van der Waals surface area contributed by atoms with Crippen molar-refractivity contribution in [3.8, 4) is 0 Å². The lowest BCUT2D eigenvalue weighted by molar-refractivity contribution is -0.130. The van der Waals surface area contributed by atoms with Crippen LogP contribution >= 0.6 is 11.8 Å². The van der Waals surface area contributed by atoms with E-state index < -0.39 is 10.0 Å². The summed E-state index contributed by atoms with van der Waals surface area (Å²) in [7, 11) is -0.558. The van der Waals surface area contributed by atoms with Gasteiger partial charge in [-0.05, 0) is 38.0 Å². The predicted molar refractivity (Wildman–Crippen MR) is 105 cm³/mol. The molecule has 0 aliphatic carbocycles. The average Bonchev–Trinajstić information content (AvgIpc) is 2.83. The number of carbonyl (C=O) groups is 1. The quantitative estimate of drug-likeness (QED) is 0.704. The van der Waals surface area contributed by atoms with Crippen LogP contribution in [0.4, 0.5) is 0 Å². The number of thioether (sulfide) groups is 1. The minimum atomic E-state index is -3.53. The van der Waals surface area contributed by atoms with E-state index in [9.17, 15) is 13.2 Å². The Labute approximate surface area is 164 Å². The van der Waals surface area contributed by atoms with Crippen LogP contribution in [0.3, 0.4) is 0 Å². The van der Waals surface area contributed by atoms with Gasteiger partial charge in [0.05, 0.1) is 10.1 Å². The zero-order valence-electron chi connectivity index (χ0n) is 15.8. The Bertz CT molecular complexity index is 916. The molecule has 2 aromatic rings. The lowest BCUT2D eigenvalue weighted by atomic mass is 10.2. The van der Waals surface area contributed by atoms with E-state index in [2.05, 4.69) is 4.98 Å². The van der Waals surface area contributed by atoms with Gasteiger partial charge in [0.2, 0.25) is 15.9 Å². The van der Waals surface area contributed by atoms with Crippen molar-refractivity contribution in [3.05, 3.63) is 18.2 Å². The van der Waals surface area contributed by atoms with E-state index in [0.717, 1.165) is 30.2 Å². The van der Waals surface area contributed by atoms with Gasteiger partial charge in [-0.25, -0.2) is 17.7 Å². The number of benzene rings is 1. The molecule has 0 radical (unpaired) electrons. The fourth-order valence-corrected chi connectivity index (χ4v) is 4.82. The molecule has 9 heteroatoms. The molecule has 148 valence electrons. The highest BCUT2D eigenvalue weighted by molar-refractivity contribution is 8.00. The van der Waals surface area contributed by atoms with Gasteiger partial charge >= 0.3 is 0 Å². The number of rotatable bonds is 5. The number of hydrogen-bond donors (Lipinski definition) is 0. The standard InChI is InChI=1S/C18H25N3O4S2/c1-13(17(22)21-10-6-4-5-7-11-21)26-18-19-15-12-14(8-9-16(15)25-18)27(23,24)20(2)3/h8-9,12-13H,4-7,10-11H2,1-3H3. The van der Waals surface area contributed by atoms with Gasteiger partial charge in [0.1, 0.15) is 5.52 Å². The number of fused-ring (bicyclic) bond motifs is 1. The highest BCUT2D eigenvalue weighted by Crippen LogP contribution is 2.29. The molecule has 1 aromatic carbocycles. The van der Waals surface area contributed by atoms with Crippen molar-refractivity contribution in [1.29, 1.82) is 0 Å². The normalized spacial score (nSPS) is 17.3. The van der Waals surface area contributed by atoms with E-state index in [0.29, 0.717) is 16.3 Å². The van der Waals surface area contributed by atoms with Crippen molar-refractivity contribution in [2.75, 3.05) is 27.2 Å². The van der Waals surface area contributed by atoms with Crippen molar-refractivity contribution in [2.45, 2.75) is 48.0 Å². The molecule has 0 spiro atoms. The van der Waals surface area contributed by atoms with E-state index in [1.165, 1.54) is 50.8 Å². The Morgan fingerprint density at radius 1 is 1.22 bits per heavy atom. The van der Waals surface area contributed by atoms with Gasteiger partial charge in [-0.3, -0.25) is 4.79 Å². The van der Waals surface area contributed by atoms with Crippen molar-refractivity contribution in [1.82, 2.24) is 14.2 Å². The number of carbonyl (C=O) groups excluding carboxylic acids is 1. The molecule has 7 nitrogen and oxygen atoms in total. The van der Waals surface area contributed by atoms with Crippen LogP contribution < -0.4 is 0 Å². The fraction of sp³-hybridized carbons (Fsp3) is 0.556. The monoisotopic (exact) mass is 411 g/mol. The van der Waals surface area contributed by atoms with Crippen molar-refractivity contribution in [2.24, 2.45) is 0 Å². The first-order valence-electron chi connectivity index (χ1n) is 9.07. The van der Waals surface area contributed by atoms with E-state index in [-0.39, 0.29) is 16.1 Å². The summed E-state index contributed by atoms with van der Waals surface area (Å²) in [5.74, 6) is 0.0973. The molecule has 1 aromatic heterocycles. The number of hydrogen-bond acceptors (Lipinski definition) is 6. The second-order valence-corrected chi connectivity index (χ2v) is 10.3. The summed E-state index contributed by atoms with van der Waals surface area (Å²) in [4.78, 5) is 19.1. The van der Waals surface area contributed by atoms with Crippen LogP contribution in [-0.4, -0.2) is 60.9 Å². The van der Waals surface area contributed by atoms with Crippen molar-refractivity contribution < 1.29 is 17.6 Å². The van der Waals surface area contributed by atoms with Crippen LogP contribution in [0, 0.1) is 0 Å². The first kappa shape index (κ1) is 20.2. The van der Waals surface area contributed by atoms with Gasteiger partial charge < -0.3 is 9.32 Å². The molecule has 0 saturated carbocycles. The van der Waals surface area contributed by atoms with E-state index in [1.807, 2.05) is 11.8 Å². The molecule has 0 bridgehead atoms. The van der Waals surface area contributed by atoms with Crippen LogP contribution in [0.25, 0.3) is 11.1 Å². The second-order valence-electron chi connectivity index (χ2n) is 6.90. The average molecular weight is 412 g/mol. The minimum absolute atomic E-state index is 0.0973. The third-order valence-corrected chi connectivity index (χ3v) is 7.40. The molecule has 3 rings (SSSR count). The number of oxazole rings is 1. The van der Waals surface area contributed by atoms with Gasteiger partial charge in [-0.2, -0.15) is 0 Å². The first-order chi connectivity index (χ1) is 12.8. The SMILES string of the molecule is CC(Sc1nc2cc(S(=O)(=O)N(C)C)ccc2o1)C(=O)N1CCCCCC1. The largest absolute Gasteiger partial charge is 0.431 e. The maximum Gasteiger partial charge on any atom is 0.257 e. The molecular formula is C18H25N3O4S2. The molecular weight excluding hydrogens is 386 g/mol. The number of nitrogens with zero attached hydrogens (tertiary/aromatic N) is 3. The lowest BCUT2D eigenvalue weighted by Crippen LogP contribution is -2.37. The van der Waals surface area contributed by atoms with Crippen LogP contribution in [0.2, 0.25) is 0 Å². The molecule has 2 heterocycles. The molecule has 0 N–H and O–H groups in total. The van der Waals surface area contributed by atoms with E-state index >= 15 is 0 Å². The topological polar surface area (TPSA) is 83.7 Å². The third-order valence-electron chi connectivity index (χ3n) is 4.66. The maximum atomic E-state index is 12.7. The number of sulfonamides is 1. The highest BCUT2D eigenvalue weighted by atomic mass is 32.2. The van der Waals surface area contributed by atoms with Crippen LogP contribution in [0.5, 0.6) is 0 Å². The summed E-state index contributed by atoms with van der Waals surface area (Å²) in [5.41, 5.74) is 0.972. The Kier molecular flexibility index (Phi) is 6.12. The van der Waals surface area contributed by atoms with Crippen LogP contribution in [0.15, 0.2) is 32.7 Å². The molecule has 27 heavy (non-hydrogen) atoms. The zero-order valence-corrected chi connectivity index (χ0v) is 17.5. The van der Waals surface area contributed by atoms with Crippen molar-refractivity contribution >= 4 is 38.8 Å².